The van der Waals surface area contributed by atoms with Gasteiger partial charge in [-0.2, -0.15) is 0 Å². The number of hydrogen-bond acceptors (Lipinski definition) is 5. The molecule has 4 aromatic rings. The van der Waals surface area contributed by atoms with Crippen molar-refractivity contribution in [2.45, 2.75) is 19.9 Å². The Bertz CT molecular complexity index is 1400. The molecule has 0 spiro atoms. The maximum Gasteiger partial charge on any atom is 0.266 e. The van der Waals surface area contributed by atoms with E-state index in [1.165, 1.54) is 0 Å². The van der Waals surface area contributed by atoms with Crippen LogP contribution >= 0.6 is 0 Å². The smallest absolute Gasteiger partial charge is 0.266 e. The Morgan fingerprint density at radius 2 is 1.74 bits per heavy atom. The molecule has 0 aliphatic rings. The van der Waals surface area contributed by atoms with E-state index in [1.807, 2.05) is 44.2 Å². The third-order valence-corrected chi connectivity index (χ3v) is 5.89. The van der Waals surface area contributed by atoms with Crippen LogP contribution in [0, 0.1) is 0 Å². The Hall–Kier alpha value is -4.13. The third-order valence-electron chi connectivity index (χ3n) is 5.89. The number of amides is 1. The molecule has 4 rings (SSSR count). The van der Waals surface area contributed by atoms with Gasteiger partial charge in [0, 0.05) is 12.1 Å². The van der Waals surface area contributed by atoms with E-state index in [1.54, 1.807) is 66.2 Å². The van der Waals surface area contributed by atoms with Crippen LogP contribution in [0.4, 0.5) is 0 Å². The van der Waals surface area contributed by atoms with Crippen molar-refractivity contribution in [3.05, 3.63) is 94.5 Å². The summed E-state index contributed by atoms with van der Waals surface area (Å²) in [6.07, 6.45) is 0. The topological polar surface area (TPSA) is 73.7 Å². The van der Waals surface area contributed by atoms with Crippen LogP contribution in [-0.2, 0) is 0 Å². The average molecular weight is 458 g/mol. The predicted molar refractivity (Wildman–Crippen MR) is 132 cm³/mol. The Kier molecular flexibility index (Phi) is 6.63. The molecule has 0 radical (unpaired) electrons. The minimum Gasteiger partial charge on any atom is -0.497 e. The second-order valence-corrected chi connectivity index (χ2v) is 7.80. The summed E-state index contributed by atoms with van der Waals surface area (Å²) in [5.74, 6) is 1.41. The largest absolute Gasteiger partial charge is 0.497 e. The van der Waals surface area contributed by atoms with Crippen molar-refractivity contribution in [1.82, 2.24) is 14.5 Å². The molecule has 0 fully saturated rings. The number of para-hydroxylation sites is 3. The number of ether oxygens (including phenoxy) is 2. The van der Waals surface area contributed by atoms with E-state index in [2.05, 4.69) is 0 Å². The van der Waals surface area contributed by atoms with E-state index in [9.17, 15) is 9.59 Å². The Labute approximate surface area is 198 Å². The van der Waals surface area contributed by atoms with Gasteiger partial charge in [0.05, 0.1) is 36.9 Å². The van der Waals surface area contributed by atoms with Crippen molar-refractivity contribution in [3.8, 4) is 17.2 Å². The molecule has 0 aliphatic heterocycles. The Morgan fingerprint density at radius 3 is 2.47 bits per heavy atom. The molecule has 0 saturated carbocycles. The Balaban J connectivity index is 1.91. The minimum atomic E-state index is -0.508. The maximum absolute atomic E-state index is 13.7. The van der Waals surface area contributed by atoms with Gasteiger partial charge in [-0.25, -0.2) is 4.98 Å². The fourth-order valence-electron chi connectivity index (χ4n) is 4.13. The van der Waals surface area contributed by atoms with Crippen molar-refractivity contribution in [2.75, 3.05) is 20.8 Å². The van der Waals surface area contributed by atoms with Crippen LogP contribution < -0.4 is 15.0 Å². The van der Waals surface area contributed by atoms with Crippen LogP contribution in [0.1, 0.15) is 36.1 Å². The highest BCUT2D eigenvalue weighted by Gasteiger charge is 2.27. The normalized spacial score (nSPS) is 11.8. The lowest BCUT2D eigenvalue weighted by atomic mass is 10.1. The van der Waals surface area contributed by atoms with Crippen LogP contribution in [0.3, 0.4) is 0 Å². The molecule has 3 aromatic carbocycles. The van der Waals surface area contributed by atoms with E-state index in [-0.39, 0.29) is 11.5 Å². The van der Waals surface area contributed by atoms with Gasteiger partial charge >= 0.3 is 0 Å². The molecular formula is C27H27N3O4. The summed E-state index contributed by atoms with van der Waals surface area (Å²) in [4.78, 5) is 33.8. The van der Waals surface area contributed by atoms with Gasteiger partial charge in [0.25, 0.3) is 11.5 Å². The van der Waals surface area contributed by atoms with Gasteiger partial charge < -0.3 is 14.4 Å². The van der Waals surface area contributed by atoms with Crippen molar-refractivity contribution in [2.24, 2.45) is 0 Å². The van der Waals surface area contributed by atoms with Crippen molar-refractivity contribution < 1.29 is 14.3 Å². The van der Waals surface area contributed by atoms with Gasteiger partial charge in [0.1, 0.15) is 17.3 Å². The van der Waals surface area contributed by atoms with E-state index in [4.69, 9.17) is 14.5 Å². The zero-order chi connectivity index (χ0) is 24.2. The maximum atomic E-state index is 13.7. The molecule has 7 nitrogen and oxygen atoms in total. The zero-order valence-corrected chi connectivity index (χ0v) is 19.7. The second kappa shape index (κ2) is 9.79. The fourth-order valence-corrected chi connectivity index (χ4v) is 4.13. The molecule has 174 valence electrons. The highest BCUT2D eigenvalue weighted by atomic mass is 16.5. The molecular weight excluding hydrogens is 430 g/mol. The highest BCUT2D eigenvalue weighted by molar-refractivity contribution is 5.95. The number of benzene rings is 3. The SMILES string of the molecule is CCN(C(=O)c1cccc(OC)c1)C(C)c1nc2ccccc2c(=O)n1-c1ccccc1OC. The van der Waals surface area contributed by atoms with Crippen LogP contribution in [0.15, 0.2) is 77.6 Å². The Morgan fingerprint density at radius 1 is 1.00 bits per heavy atom. The summed E-state index contributed by atoms with van der Waals surface area (Å²) < 4.78 is 12.4. The van der Waals surface area contributed by atoms with E-state index >= 15 is 0 Å². The quantitative estimate of drug-likeness (QED) is 0.405. The lowest BCUT2D eigenvalue weighted by Gasteiger charge is -2.30. The first kappa shape index (κ1) is 23.0. The van der Waals surface area contributed by atoms with Gasteiger partial charge in [0.15, 0.2) is 0 Å². The molecule has 1 unspecified atom stereocenters. The standard InChI is InChI=1S/C27H27N3O4/c1-5-29(26(31)19-11-10-12-20(17-19)33-3)18(2)25-28-22-14-7-6-13-21(22)27(32)30(25)23-15-8-9-16-24(23)34-4/h6-18H,5H2,1-4H3. The molecule has 0 saturated heterocycles. The zero-order valence-electron chi connectivity index (χ0n) is 19.7. The second-order valence-electron chi connectivity index (χ2n) is 7.80. The molecule has 1 heterocycles. The van der Waals surface area contributed by atoms with Crippen molar-refractivity contribution >= 4 is 16.8 Å². The number of hydrogen-bond donors (Lipinski definition) is 0. The third kappa shape index (κ3) is 4.12. The molecule has 0 aliphatic carbocycles. The van der Waals surface area contributed by atoms with Crippen LogP contribution in [0.25, 0.3) is 16.6 Å². The summed E-state index contributed by atoms with van der Waals surface area (Å²) in [7, 11) is 3.13. The van der Waals surface area contributed by atoms with E-state index in [0.29, 0.717) is 46.0 Å². The summed E-state index contributed by atoms with van der Waals surface area (Å²) in [6.45, 7) is 4.21. The molecule has 0 bridgehead atoms. The number of fused-ring (bicyclic) bond motifs is 1. The van der Waals surface area contributed by atoms with Crippen molar-refractivity contribution in [1.29, 1.82) is 0 Å². The van der Waals surface area contributed by atoms with Gasteiger partial charge in [-0.1, -0.05) is 30.3 Å². The number of nitrogens with zero attached hydrogens (tertiary/aromatic N) is 3. The van der Waals surface area contributed by atoms with Gasteiger partial charge in [-0.15, -0.1) is 0 Å². The molecule has 34 heavy (non-hydrogen) atoms. The average Bonchev–Trinajstić information content (AvgIpc) is 2.89. The summed E-state index contributed by atoms with van der Waals surface area (Å²) in [5, 5.41) is 0.492. The van der Waals surface area contributed by atoms with Crippen LogP contribution in [0.2, 0.25) is 0 Å². The number of methoxy groups -OCH3 is 2. The first-order chi connectivity index (χ1) is 16.5. The van der Waals surface area contributed by atoms with Gasteiger partial charge in [-0.3, -0.25) is 14.2 Å². The lowest BCUT2D eigenvalue weighted by Crippen LogP contribution is -2.37. The molecule has 1 aromatic heterocycles. The molecule has 0 N–H and O–H groups in total. The monoisotopic (exact) mass is 457 g/mol. The summed E-state index contributed by atoms with van der Waals surface area (Å²) >= 11 is 0. The summed E-state index contributed by atoms with van der Waals surface area (Å²) in [5.41, 5.74) is 1.42. The van der Waals surface area contributed by atoms with E-state index < -0.39 is 6.04 Å². The first-order valence-corrected chi connectivity index (χ1v) is 11.1. The predicted octanol–water partition coefficient (Wildman–Crippen LogP) is 4.63. The number of carbonyl (C=O) groups excluding carboxylic acids is 1. The lowest BCUT2D eigenvalue weighted by molar-refractivity contribution is 0.0693. The van der Waals surface area contributed by atoms with Gasteiger partial charge in [-0.05, 0) is 56.3 Å². The summed E-state index contributed by atoms with van der Waals surface area (Å²) in [6, 6.07) is 21.0. The van der Waals surface area contributed by atoms with Crippen LogP contribution in [0.5, 0.6) is 11.5 Å². The minimum absolute atomic E-state index is 0.178. The first-order valence-electron chi connectivity index (χ1n) is 11.1. The van der Waals surface area contributed by atoms with Crippen molar-refractivity contribution in [3.63, 3.8) is 0 Å². The highest BCUT2D eigenvalue weighted by Crippen LogP contribution is 2.28. The number of rotatable bonds is 7. The fraction of sp³-hybridized carbons (Fsp3) is 0.222. The number of aromatic nitrogens is 2. The van der Waals surface area contributed by atoms with E-state index in [0.717, 1.165) is 0 Å². The molecule has 7 heteroatoms. The van der Waals surface area contributed by atoms with Gasteiger partial charge in [0.2, 0.25) is 0 Å². The molecule has 1 amide bonds. The van der Waals surface area contributed by atoms with Crippen LogP contribution in [-0.4, -0.2) is 41.1 Å². The molecule has 1 atom stereocenters. The number of carbonyl (C=O) groups is 1.